The van der Waals surface area contributed by atoms with Crippen molar-refractivity contribution in [2.75, 3.05) is 56.2 Å². The van der Waals surface area contributed by atoms with Gasteiger partial charge in [0, 0.05) is 53.4 Å². The molecule has 0 aliphatic carbocycles. The third kappa shape index (κ3) is 5.88. The van der Waals surface area contributed by atoms with Crippen molar-refractivity contribution in [2.24, 2.45) is 0 Å². The minimum Gasteiger partial charge on any atom is -0.494 e. The van der Waals surface area contributed by atoms with Gasteiger partial charge in [-0.1, -0.05) is 6.07 Å². The Morgan fingerprint density at radius 2 is 1.92 bits per heavy atom. The molecule has 2 aromatic carbocycles. The molecule has 36 heavy (non-hydrogen) atoms. The van der Waals surface area contributed by atoms with Crippen LogP contribution >= 0.6 is 11.3 Å². The lowest BCUT2D eigenvalue weighted by Gasteiger charge is -2.36. The summed E-state index contributed by atoms with van der Waals surface area (Å²) in [6.07, 6.45) is 1.61. The standard InChI is InChI=1S/C28H32N4O3S/c1-2-34-28(33)30-27-11-9-21-8-10-22(20-24(21)29-27)35-18-4-3-13-31-14-16-32(17-15-31)25-6-5-7-26-23(25)12-19-36-26/h5-12,19-20H,2-4,13-18H2,1H3,(H,29,30,33). The molecule has 1 saturated heterocycles. The van der Waals surface area contributed by atoms with E-state index in [9.17, 15) is 4.79 Å². The second kappa shape index (κ2) is 11.6. The molecule has 5 rings (SSSR count). The lowest BCUT2D eigenvalue weighted by Crippen LogP contribution is -2.46. The molecule has 1 aliphatic rings. The fourth-order valence-electron chi connectivity index (χ4n) is 4.62. The van der Waals surface area contributed by atoms with Gasteiger partial charge in [0.05, 0.1) is 18.7 Å². The lowest BCUT2D eigenvalue weighted by molar-refractivity contribution is 0.168. The number of ether oxygens (including phenoxy) is 2. The molecule has 8 heteroatoms. The molecule has 1 aliphatic heterocycles. The molecule has 0 spiro atoms. The summed E-state index contributed by atoms with van der Waals surface area (Å²) >= 11 is 1.81. The first-order chi connectivity index (χ1) is 17.7. The zero-order valence-corrected chi connectivity index (χ0v) is 21.4. The van der Waals surface area contributed by atoms with E-state index in [2.05, 4.69) is 49.7 Å². The van der Waals surface area contributed by atoms with Crippen molar-refractivity contribution in [3.8, 4) is 5.75 Å². The van der Waals surface area contributed by atoms with Gasteiger partial charge in [0.25, 0.3) is 0 Å². The largest absolute Gasteiger partial charge is 0.494 e. The quantitative estimate of drug-likeness (QED) is 0.282. The summed E-state index contributed by atoms with van der Waals surface area (Å²) in [6, 6.07) is 18.4. The van der Waals surface area contributed by atoms with Crippen LogP contribution in [0.5, 0.6) is 5.75 Å². The Labute approximate surface area is 215 Å². The Balaban J connectivity index is 1.05. The molecule has 3 heterocycles. The van der Waals surface area contributed by atoms with Gasteiger partial charge in [-0.15, -0.1) is 11.3 Å². The summed E-state index contributed by atoms with van der Waals surface area (Å²) in [7, 11) is 0. The molecular formula is C28H32N4O3S. The SMILES string of the molecule is CCOC(=O)Nc1ccc2ccc(OCCCCN3CCN(c4cccc5sccc45)CC3)cc2n1. The molecule has 2 aromatic heterocycles. The Morgan fingerprint density at radius 1 is 1.06 bits per heavy atom. The van der Waals surface area contributed by atoms with E-state index in [1.807, 2.05) is 35.6 Å². The van der Waals surface area contributed by atoms with Crippen LogP contribution in [0.25, 0.3) is 21.0 Å². The molecule has 1 amide bonds. The predicted molar refractivity (Wildman–Crippen MR) is 148 cm³/mol. The summed E-state index contributed by atoms with van der Waals surface area (Å²) in [6.45, 7) is 8.20. The molecule has 1 fully saturated rings. The summed E-state index contributed by atoms with van der Waals surface area (Å²) in [5, 5.41) is 7.20. The van der Waals surface area contributed by atoms with E-state index in [4.69, 9.17) is 9.47 Å². The Bertz CT molecular complexity index is 1320. The Morgan fingerprint density at radius 3 is 2.78 bits per heavy atom. The Hall–Kier alpha value is -3.36. The van der Waals surface area contributed by atoms with Crippen molar-refractivity contribution in [3.63, 3.8) is 0 Å². The van der Waals surface area contributed by atoms with Gasteiger partial charge < -0.3 is 14.4 Å². The van der Waals surface area contributed by atoms with Gasteiger partial charge in [-0.2, -0.15) is 0 Å². The molecule has 188 valence electrons. The van der Waals surface area contributed by atoms with Crippen molar-refractivity contribution in [1.29, 1.82) is 0 Å². The van der Waals surface area contributed by atoms with E-state index < -0.39 is 6.09 Å². The normalized spacial score (nSPS) is 14.3. The highest BCUT2D eigenvalue weighted by Gasteiger charge is 2.18. The van der Waals surface area contributed by atoms with Gasteiger partial charge in [0.2, 0.25) is 0 Å². The number of rotatable bonds is 9. The monoisotopic (exact) mass is 504 g/mol. The van der Waals surface area contributed by atoms with Crippen LogP contribution < -0.4 is 15.0 Å². The maximum absolute atomic E-state index is 11.6. The van der Waals surface area contributed by atoms with Gasteiger partial charge in [-0.05, 0) is 74.2 Å². The molecule has 0 bridgehead atoms. The van der Waals surface area contributed by atoms with Gasteiger partial charge in [0.1, 0.15) is 11.6 Å². The van der Waals surface area contributed by atoms with E-state index in [1.165, 1.54) is 15.8 Å². The van der Waals surface area contributed by atoms with E-state index in [0.29, 0.717) is 19.0 Å². The number of benzene rings is 2. The zero-order chi connectivity index (χ0) is 24.7. The highest BCUT2D eigenvalue weighted by atomic mass is 32.1. The number of hydrogen-bond acceptors (Lipinski definition) is 7. The van der Waals surface area contributed by atoms with Crippen molar-refractivity contribution in [2.45, 2.75) is 19.8 Å². The highest BCUT2D eigenvalue weighted by molar-refractivity contribution is 7.17. The second-order valence-electron chi connectivity index (χ2n) is 8.89. The molecule has 0 radical (unpaired) electrons. The van der Waals surface area contributed by atoms with Crippen LogP contribution in [-0.2, 0) is 4.74 Å². The minimum atomic E-state index is -0.502. The number of pyridine rings is 1. The Kier molecular flexibility index (Phi) is 7.83. The molecule has 0 saturated carbocycles. The molecular weight excluding hydrogens is 472 g/mol. The number of amides is 1. The smallest absolute Gasteiger partial charge is 0.412 e. The van der Waals surface area contributed by atoms with Crippen LogP contribution in [0.15, 0.2) is 60.0 Å². The van der Waals surface area contributed by atoms with Gasteiger partial charge in [-0.3, -0.25) is 10.2 Å². The lowest BCUT2D eigenvalue weighted by atomic mass is 10.2. The second-order valence-corrected chi connectivity index (χ2v) is 9.84. The van der Waals surface area contributed by atoms with E-state index in [-0.39, 0.29) is 0 Å². The molecule has 0 atom stereocenters. The van der Waals surface area contributed by atoms with Crippen molar-refractivity contribution >= 4 is 49.9 Å². The van der Waals surface area contributed by atoms with Crippen LogP contribution in [-0.4, -0.2) is 61.9 Å². The number of unbranched alkanes of at least 4 members (excludes halogenated alkanes) is 1. The first kappa shape index (κ1) is 24.3. The molecule has 4 aromatic rings. The average molecular weight is 505 g/mol. The number of fused-ring (bicyclic) bond motifs is 2. The average Bonchev–Trinajstić information content (AvgIpc) is 3.38. The first-order valence-corrected chi connectivity index (χ1v) is 13.5. The van der Waals surface area contributed by atoms with Gasteiger partial charge in [-0.25, -0.2) is 9.78 Å². The van der Waals surface area contributed by atoms with Crippen LogP contribution in [0.1, 0.15) is 19.8 Å². The molecule has 7 nitrogen and oxygen atoms in total. The number of hydrogen-bond donors (Lipinski definition) is 1. The summed E-state index contributed by atoms with van der Waals surface area (Å²) < 4.78 is 12.3. The fraction of sp³-hybridized carbons (Fsp3) is 0.357. The summed E-state index contributed by atoms with van der Waals surface area (Å²) in [5.74, 6) is 1.25. The van der Waals surface area contributed by atoms with Crippen LogP contribution in [0.4, 0.5) is 16.3 Å². The summed E-state index contributed by atoms with van der Waals surface area (Å²) in [5.41, 5.74) is 2.15. The molecule has 0 unspecified atom stereocenters. The predicted octanol–water partition coefficient (Wildman–Crippen LogP) is 6.00. The van der Waals surface area contributed by atoms with Crippen molar-refractivity contribution < 1.29 is 14.3 Å². The number of anilines is 2. The third-order valence-electron chi connectivity index (χ3n) is 6.49. The number of nitrogens with one attached hydrogen (secondary N) is 1. The van der Waals surface area contributed by atoms with Crippen LogP contribution in [0.2, 0.25) is 0 Å². The number of aromatic nitrogens is 1. The van der Waals surface area contributed by atoms with Crippen molar-refractivity contribution in [1.82, 2.24) is 9.88 Å². The fourth-order valence-corrected chi connectivity index (χ4v) is 5.43. The zero-order valence-electron chi connectivity index (χ0n) is 20.6. The maximum Gasteiger partial charge on any atom is 0.412 e. The van der Waals surface area contributed by atoms with Crippen LogP contribution in [0, 0.1) is 0 Å². The number of piperazine rings is 1. The van der Waals surface area contributed by atoms with Crippen molar-refractivity contribution in [3.05, 3.63) is 60.0 Å². The van der Waals surface area contributed by atoms with E-state index in [0.717, 1.165) is 62.2 Å². The number of carbonyl (C=O) groups is 1. The number of thiophene rings is 1. The molecule has 1 N–H and O–H groups in total. The topological polar surface area (TPSA) is 66.9 Å². The van der Waals surface area contributed by atoms with E-state index >= 15 is 0 Å². The third-order valence-corrected chi connectivity index (χ3v) is 7.37. The number of nitrogens with zero attached hydrogens (tertiary/aromatic N) is 3. The van der Waals surface area contributed by atoms with Crippen LogP contribution in [0.3, 0.4) is 0 Å². The number of carbonyl (C=O) groups excluding carboxylic acids is 1. The first-order valence-electron chi connectivity index (χ1n) is 12.6. The van der Waals surface area contributed by atoms with E-state index in [1.54, 1.807) is 13.0 Å². The highest BCUT2D eigenvalue weighted by Crippen LogP contribution is 2.31. The minimum absolute atomic E-state index is 0.319. The van der Waals surface area contributed by atoms with Gasteiger partial charge >= 0.3 is 6.09 Å². The maximum atomic E-state index is 11.6. The van der Waals surface area contributed by atoms with Gasteiger partial charge in [0.15, 0.2) is 0 Å². The summed E-state index contributed by atoms with van der Waals surface area (Å²) in [4.78, 5) is 21.2.